The lowest BCUT2D eigenvalue weighted by molar-refractivity contribution is -0.223. The molecule has 1 saturated heterocycles. The van der Waals surface area contributed by atoms with E-state index in [0.717, 1.165) is 0 Å². The molecule has 4 saturated carbocycles. The number of alkyl halides is 1. The number of methoxy groups -OCH3 is 1. The highest BCUT2D eigenvalue weighted by atomic mass is 19.1. The molecule has 1 aliphatic heterocycles. The number of fused-ring (bicyclic) bond motifs is 6. The number of aromatic nitrogens is 1. The zero-order chi connectivity index (χ0) is 48.4. The molecule has 9 atom stereocenters. The zero-order valence-corrected chi connectivity index (χ0v) is 39.3. The van der Waals surface area contributed by atoms with Crippen molar-refractivity contribution in [2.45, 2.75) is 136 Å². The molecular weight excluding hydrogens is 861 g/mol. The number of hydrogen-bond acceptors (Lipinski definition) is 13. The number of piperazine rings is 1. The Kier molecular flexibility index (Phi) is 11.5. The van der Waals surface area contributed by atoms with E-state index in [4.69, 9.17) is 18.9 Å². The van der Waals surface area contributed by atoms with Gasteiger partial charge in [-0.25, -0.2) is 18.4 Å². The van der Waals surface area contributed by atoms with E-state index in [9.17, 15) is 34.2 Å². The smallest absolute Gasteiger partial charge is 0.413 e. The molecule has 0 spiro atoms. The number of esters is 2. The lowest BCUT2D eigenvalue weighted by Gasteiger charge is -2.62. The fourth-order valence-corrected chi connectivity index (χ4v) is 12.9. The van der Waals surface area contributed by atoms with Gasteiger partial charge in [0.1, 0.15) is 16.9 Å². The van der Waals surface area contributed by atoms with Crippen LogP contribution in [0, 0.1) is 48.2 Å². The number of rotatable bonds is 9. The number of nitrogens with zero attached hydrogens (tertiary/aromatic N) is 3. The molecule has 66 heavy (non-hydrogen) atoms. The van der Waals surface area contributed by atoms with E-state index in [1.54, 1.807) is 50.2 Å². The number of ether oxygens (including phenoxy) is 4. The summed E-state index contributed by atoms with van der Waals surface area (Å²) >= 11 is 0. The third-order valence-electron chi connectivity index (χ3n) is 16.4. The Labute approximate surface area is 382 Å². The zero-order valence-electron chi connectivity index (χ0n) is 39.3. The summed E-state index contributed by atoms with van der Waals surface area (Å²) < 4.78 is 58.4. The molecule has 5 fully saturated rings. The number of aryl methyl sites for hydroxylation is 1. The fraction of sp³-hybridized carbons (Fsp3) is 0.633. The lowest BCUT2D eigenvalue weighted by Crippen LogP contribution is -2.70. The topological polar surface area (TPSA) is 191 Å². The number of aliphatic hydroxyl groups is 2. The number of pyridine rings is 1. The first-order valence-corrected chi connectivity index (χ1v) is 22.9. The third kappa shape index (κ3) is 6.67. The predicted molar refractivity (Wildman–Crippen MR) is 236 cm³/mol. The van der Waals surface area contributed by atoms with E-state index in [0.29, 0.717) is 31.3 Å². The van der Waals surface area contributed by atoms with Crippen LogP contribution >= 0.6 is 0 Å². The van der Waals surface area contributed by atoms with Crippen LogP contribution < -0.4 is 15.1 Å². The van der Waals surface area contributed by atoms with Gasteiger partial charge in [0.15, 0.2) is 28.6 Å². The number of ketones is 2. The molecular formula is C49H61F2N3O12. The molecule has 0 radical (unpaired) electrons. The Morgan fingerprint density at radius 2 is 1.70 bits per heavy atom. The number of amides is 1. The quantitative estimate of drug-likeness (QED) is 0.216. The highest BCUT2D eigenvalue weighted by molar-refractivity contribution is 6.03. The van der Waals surface area contributed by atoms with Crippen LogP contribution in [0.25, 0.3) is 10.9 Å². The van der Waals surface area contributed by atoms with Gasteiger partial charge in [0.25, 0.3) is 0 Å². The molecule has 2 heterocycles. The SMILES string of the molecule is COc1c(N2CCN(C(=O)OCOC(C)=O)C(C)C2)c(F)c(C)c2c(=O)c(C(=O)OC(C)(C)C(=O)[C@@]3(O)[C@@H](C)C[C@H]4[C@@H]5CCC6=CC(=O)C=C[C@]6(C)[C@@]5(F)[C@@H](O)C[C@@]43C)c(C)n(C3CC3)c12. The van der Waals surface area contributed by atoms with Gasteiger partial charge in [-0.05, 0) is 104 Å². The normalized spacial score (nSPS) is 32.8. The molecule has 17 heteroatoms. The van der Waals surface area contributed by atoms with Crippen molar-refractivity contribution in [1.82, 2.24) is 9.47 Å². The van der Waals surface area contributed by atoms with E-state index >= 15 is 13.6 Å². The average molecular weight is 922 g/mol. The highest BCUT2D eigenvalue weighted by Crippen LogP contribution is 2.71. The van der Waals surface area contributed by atoms with E-state index in [-0.39, 0.29) is 77.9 Å². The summed E-state index contributed by atoms with van der Waals surface area (Å²) in [6.45, 7) is 13.6. The minimum absolute atomic E-state index is 0.0530. The second-order valence-corrected chi connectivity index (χ2v) is 20.5. The molecule has 2 aromatic rings. The molecule has 1 amide bonds. The summed E-state index contributed by atoms with van der Waals surface area (Å²) in [5.74, 6) is -5.67. The molecule has 1 unspecified atom stereocenters. The molecule has 1 aromatic carbocycles. The molecule has 1 aromatic heterocycles. The summed E-state index contributed by atoms with van der Waals surface area (Å²) in [6, 6.07) is -0.680. The summed E-state index contributed by atoms with van der Waals surface area (Å²) in [7, 11) is 1.36. The number of benzene rings is 1. The van der Waals surface area contributed by atoms with E-state index in [1.807, 2.05) is 0 Å². The number of anilines is 1. The summed E-state index contributed by atoms with van der Waals surface area (Å²) in [5, 5.41) is 24.6. The maximum Gasteiger partial charge on any atom is 0.413 e. The van der Waals surface area contributed by atoms with Crippen molar-refractivity contribution in [3.05, 3.63) is 56.7 Å². The Bertz CT molecular complexity index is 2580. The van der Waals surface area contributed by atoms with Crippen molar-refractivity contribution in [1.29, 1.82) is 0 Å². The maximum absolute atomic E-state index is 17.9. The maximum atomic E-state index is 17.9. The fourth-order valence-electron chi connectivity index (χ4n) is 12.9. The average Bonchev–Trinajstić information content (AvgIpc) is 4.06. The first kappa shape index (κ1) is 47.3. The summed E-state index contributed by atoms with van der Waals surface area (Å²) in [5.41, 5.74) is -9.22. The van der Waals surface area contributed by atoms with Gasteiger partial charge < -0.3 is 43.5 Å². The lowest BCUT2D eigenvalue weighted by atomic mass is 9.44. The molecule has 5 aliphatic carbocycles. The van der Waals surface area contributed by atoms with Crippen LogP contribution in [0.3, 0.4) is 0 Å². The molecule has 2 N–H and O–H groups in total. The summed E-state index contributed by atoms with van der Waals surface area (Å²) in [6.07, 6.45) is 4.00. The van der Waals surface area contributed by atoms with Crippen molar-refractivity contribution in [2.24, 2.45) is 28.6 Å². The number of Topliss-reactive ketones (excluding diaryl/α,β-unsaturated/α-hetero) is 1. The van der Waals surface area contributed by atoms with Crippen LogP contribution in [0.1, 0.15) is 115 Å². The monoisotopic (exact) mass is 921 g/mol. The van der Waals surface area contributed by atoms with Crippen molar-refractivity contribution < 1.29 is 61.9 Å². The van der Waals surface area contributed by atoms with Crippen LogP contribution in [0.4, 0.5) is 19.3 Å². The second kappa shape index (κ2) is 16.0. The number of allylic oxidation sites excluding steroid dienone is 4. The van der Waals surface area contributed by atoms with E-state index in [2.05, 4.69) is 0 Å². The Morgan fingerprint density at radius 3 is 2.32 bits per heavy atom. The Balaban J connectivity index is 1.11. The Hall–Kier alpha value is -5.16. The van der Waals surface area contributed by atoms with Crippen LogP contribution in [0.15, 0.2) is 28.6 Å². The van der Waals surface area contributed by atoms with Crippen molar-refractivity contribution in [3.8, 4) is 5.75 Å². The van der Waals surface area contributed by atoms with Gasteiger partial charge in [0.05, 0.1) is 24.1 Å². The molecule has 6 aliphatic rings. The van der Waals surface area contributed by atoms with E-state index < -0.39 is 105 Å². The van der Waals surface area contributed by atoms with Crippen LogP contribution in [0.5, 0.6) is 5.75 Å². The number of carbonyl (C=O) groups is 5. The standard InChI is InChI=1S/C49H61F2N3O12/c1-24-19-33-32-14-11-29-20-31(56)15-16-46(29,8)48(32,51)34(57)21-47(33,9)49(24,62)43(60)45(6,7)66-42(59)36-27(4)54(30-12-13-30)38-35(40(36)58)26(3)37(50)39(41(38)63-10)52-17-18-53(25(2)22-52)44(61)65-23-64-28(5)55/h15-16,20,24-25,30,32-34,57,62H,11-14,17-19,21-23H2,1-10H3/t24-,25?,32-,33-,34-,46-,47-,48-,49-/m0/s1. The minimum atomic E-state index is -2.21. The molecule has 8 rings (SSSR count). The minimum Gasteiger partial charge on any atom is -0.492 e. The van der Waals surface area contributed by atoms with Crippen molar-refractivity contribution >= 4 is 46.2 Å². The van der Waals surface area contributed by atoms with Crippen LogP contribution in [-0.2, 0) is 28.6 Å². The Morgan fingerprint density at radius 1 is 1.02 bits per heavy atom. The molecule has 358 valence electrons. The molecule has 15 nitrogen and oxygen atoms in total. The van der Waals surface area contributed by atoms with Gasteiger partial charge in [0.2, 0.25) is 18.0 Å². The first-order valence-electron chi connectivity index (χ1n) is 22.9. The number of carbonyl (C=O) groups excluding carboxylic acids is 5. The largest absolute Gasteiger partial charge is 0.492 e. The number of hydrogen-bond donors (Lipinski definition) is 2. The van der Waals surface area contributed by atoms with Crippen molar-refractivity contribution in [3.63, 3.8) is 0 Å². The number of aliphatic hydroxyl groups excluding tert-OH is 1. The highest BCUT2D eigenvalue weighted by Gasteiger charge is 2.76. The molecule has 0 bridgehead atoms. The van der Waals surface area contributed by atoms with Gasteiger partial charge in [-0.3, -0.25) is 19.2 Å². The van der Waals surface area contributed by atoms with Gasteiger partial charge >= 0.3 is 18.0 Å². The van der Waals surface area contributed by atoms with E-state index in [1.165, 1.54) is 51.9 Å². The van der Waals surface area contributed by atoms with Gasteiger partial charge in [-0.15, -0.1) is 0 Å². The van der Waals surface area contributed by atoms with Crippen molar-refractivity contribution in [2.75, 3.05) is 38.4 Å². The van der Waals surface area contributed by atoms with Gasteiger partial charge in [-0.1, -0.05) is 25.5 Å². The van der Waals surface area contributed by atoms with Gasteiger partial charge in [-0.2, -0.15) is 0 Å². The van der Waals surface area contributed by atoms with Gasteiger partial charge in [0, 0.05) is 66.6 Å². The van der Waals surface area contributed by atoms with Crippen LogP contribution in [-0.4, -0.2) is 112 Å². The summed E-state index contributed by atoms with van der Waals surface area (Å²) in [4.78, 5) is 83.8. The number of halogens is 2. The second-order valence-electron chi connectivity index (χ2n) is 20.5. The third-order valence-corrected chi connectivity index (χ3v) is 16.4. The predicted octanol–water partition coefficient (Wildman–Crippen LogP) is 6.12. The first-order chi connectivity index (χ1) is 30.8. The van der Waals surface area contributed by atoms with Crippen LogP contribution in [0.2, 0.25) is 0 Å².